The lowest BCUT2D eigenvalue weighted by molar-refractivity contribution is -0.300. The molecule has 182 valence electrons. The van der Waals surface area contributed by atoms with E-state index >= 15 is 0 Å². The van der Waals surface area contributed by atoms with Gasteiger partial charge in [0, 0.05) is 11.8 Å². The zero-order valence-electron chi connectivity index (χ0n) is 20.7. The zero-order chi connectivity index (χ0) is 24.6. The van der Waals surface area contributed by atoms with Crippen molar-refractivity contribution < 1.29 is 38.9 Å². The van der Waals surface area contributed by atoms with Gasteiger partial charge in [-0.15, -0.1) is 0 Å². The average molecular weight is 455 g/mol. The number of rotatable bonds is 10. The molecule has 8 heteroatoms. The van der Waals surface area contributed by atoms with Crippen molar-refractivity contribution in [2.24, 2.45) is 11.8 Å². The normalized spacial score (nSPS) is 12.9. The first-order valence-electron chi connectivity index (χ1n) is 11.0. The molecule has 0 rings (SSSR count). The summed E-state index contributed by atoms with van der Waals surface area (Å²) in [5.74, 6) is 3.63. The Labute approximate surface area is 192 Å². The van der Waals surface area contributed by atoms with Crippen LogP contribution in [0.3, 0.4) is 0 Å². The molecule has 0 heterocycles. The van der Waals surface area contributed by atoms with Gasteiger partial charge in [-0.2, -0.15) is 9.78 Å². The third-order valence-electron chi connectivity index (χ3n) is 3.52. The second kappa shape index (κ2) is 15.4. The van der Waals surface area contributed by atoms with Crippen LogP contribution in [0, 0.1) is 35.9 Å². The molecular formula is C24H38O8. The molecule has 0 bridgehead atoms. The van der Waals surface area contributed by atoms with E-state index in [1.807, 2.05) is 55.4 Å². The first-order chi connectivity index (χ1) is 14.9. The van der Waals surface area contributed by atoms with Crippen molar-refractivity contribution in [2.45, 2.75) is 105 Å². The summed E-state index contributed by atoms with van der Waals surface area (Å²) in [6, 6.07) is 0. The predicted octanol–water partition coefficient (Wildman–Crippen LogP) is 5.02. The van der Waals surface area contributed by atoms with E-state index in [0.29, 0.717) is 12.8 Å². The van der Waals surface area contributed by atoms with Gasteiger partial charge in [0.05, 0.1) is 12.8 Å². The van der Waals surface area contributed by atoms with Crippen LogP contribution in [0.1, 0.15) is 93.9 Å². The highest BCUT2D eigenvalue weighted by molar-refractivity contribution is 5.73. The number of carbonyl (C=O) groups excluding carboxylic acids is 2. The van der Waals surface area contributed by atoms with Crippen molar-refractivity contribution >= 4 is 11.9 Å². The molecule has 2 unspecified atom stereocenters. The van der Waals surface area contributed by atoms with Crippen LogP contribution in [-0.2, 0) is 38.9 Å². The molecule has 32 heavy (non-hydrogen) atoms. The quantitative estimate of drug-likeness (QED) is 0.258. The van der Waals surface area contributed by atoms with E-state index in [1.165, 1.54) is 0 Å². The van der Waals surface area contributed by atoms with E-state index in [4.69, 9.17) is 19.6 Å². The lowest BCUT2D eigenvalue weighted by Gasteiger charge is -2.14. The topological polar surface area (TPSA) is 89.5 Å². The second-order valence-corrected chi connectivity index (χ2v) is 9.34. The van der Waals surface area contributed by atoms with Crippen LogP contribution in [-0.4, -0.2) is 23.1 Å². The lowest BCUT2D eigenvalue weighted by Crippen LogP contribution is -2.18. The molecule has 0 radical (unpaired) electrons. The second-order valence-electron chi connectivity index (χ2n) is 9.34. The van der Waals surface area contributed by atoms with E-state index < -0.39 is 23.1 Å². The minimum atomic E-state index is -0.692. The SMILES string of the molecule is CCCC(C#COOC(C)(C)C)CC(=O)OOC(=O)CC(C#COOC(C)(C)C)CCC. The highest BCUT2D eigenvalue weighted by Crippen LogP contribution is 2.14. The number of hydrogen-bond donors (Lipinski definition) is 0. The highest BCUT2D eigenvalue weighted by Gasteiger charge is 2.19. The minimum absolute atomic E-state index is 0.0385. The first-order valence-corrected chi connectivity index (χ1v) is 11.0. The standard InChI is InChI=1S/C24H38O8/c1-9-11-19(13-15-27-31-23(3,4)5)17-21(25)29-30-22(26)18-20(12-10-2)14-16-28-32-24(6,7)8/h19-20H,9-12,17-18H2,1-8H3. The maximum absolute atomic E-state index is 12.0. The van der Waals surface area contributed by atoms with Crippen molar-refractivity contribution in [3.63, 3.8) is 0 Å². The molecular weight excluding hydrogens is 416 g/mol. The number of hydrogen-bond acceptors (Lipinski definition) is 8. The van der Waals surface area contributed by atoms with Gasteiger partial charge in [0.25, 0.3) is 0 Å². The Morgan fingerprint density at radius 3 is 1.31 bits per heavy atom. The largest absolute Gasteiger partial charge is 0.356 e. The molecule has 0 saturated heterocycles. The molecule has 0 aromatic heterocycles. The Hall–Kier alpha value is -2.42. The Balaban J connectivity index is 4.56. The lowest BCUT2D eigenvalue weighted by atomic mass is 10.0. The van der Waals surface area contributed by atoms with Gasteiger partial charge in [-0.1, -0.05) is 38.5 Å². The van der Waals surface area contributed by atoms with E-state index in [-0.39, 0.29) is 24.7 Å². The molecule has 2 atom stereocenters. The average Bonchev–Trinajstić information content (AvgIpc) is 2.65. The molecule has 8 nitrogen and oxygen atoms in total. The van der Waals surface area contributed by atoms with E-state index in [1.54, 1.807) is 0 Å². The van der Waals surface area contributed by atoms with Gasteiger partial charge in [0.1, 0.15) is 11.2 Å². The van der Waals surface area contributed by atoms with Crippen molar-refractivity contribution in [1.82, 2.24) is 0 Å². The first kappa shape index (κ1) is 29.6. The Morgan fingerprint density at radius 1 is 0.688 bits per heavy atom. The highest BCUT2D eigenvalue weighted by atomic mass is 17.2. The smallest absolute Gasteiger partial charge is 0.282 e. The molecule has 0 saturated carbocycles. The maximum atomic E-state index is 12.0. The molecule has 0 N–H and O–H groups in total. The summed E-state index contributed by atoms with van der Waals surface area (Å²) in [4.78, 5) is 53.2. The number of carbonyl (C=O) groups is 2. The van der Waals surface area contributed by atoms with E-state index in [9.17, 15) is 9.59 Å². The molecule has 0 aliphatic carbocycles. The summed E-state index contributed by atoms with van der Waals surface area (Å²) < 4.78 is 0. The fraction of sp³-hybridized carbons (Fsp3) is 0.750. The Morgan fingerprint density at radius 2 is 1.03 bits per heavy atom. The summed E-state index contributed by atoms with van der Waals surface area (Å²) in [6.07, 6.45) is 7.74. The van der Waals surface area contributed by atoms with Crippen LogP contribution < -0.4 is 0 Å². The van der Waals surface area contributed by atoms with Gasteiger partial charge in [-0.25, -0.2) is 19.4 Å². The summed E-state index contributed by atoms with van der Waals surface area (Å²) in [6.45, 7) is 14.9. The van der Waals surface area contributed by atoms with Crippen LogP contribution in [0.4, 0.5) is 0 Å². The van der Waals surface area contributed by atoms with Crippen LogP contribution >= 0.6 is 0 Å². The van der Waals surface area contributed by atoms with Crippen LogP contribution in [0.25, 0.3) is 0 Å². The Kier molecular flexibility index (Phi) is 14.2. The molecule has 0 aliphatic heterocycles. The summed E-state index contributed by atoms with van der Waals surface area (Å²) in [5.41, 5.74) is -0.984. The van der Waals surface area contributed by atoms with Crippen LogP contribution in [0.15, 0.2) is 0 Å². The fourth-order valence-electron chi connectivity index (χ4n) is 2.22. The van der Waals surface area contributed by atoms with Crippen LogP contribution in [0.5, 0.6) is 0 Å². The minimum Gasteiger partial charge on any atom is -0.282 e. The van der Waals surface area contributed by atoms with Crippen molar-refractivity contribution in [1.29, 1.82) is 0 Å². The van der Waals surface area contributed by atoms with E-state index in [0.717, 1.165) is 12.8 Å². The van der Waals surface area contributed by atoms with Crippen molar-refractivity contribution in [3.05, 3.63) is 0 Å². The monoisotopic (exact) mass is 454 g/mol. The van der Waals surface area contributed by atoms with Gasteiger partial charge >= 0.3 is 11.9 Å². The predicted molar refractivity (Wildman–Crippen MR) is 118 cm³/mol. The van der Waals surface area contributed by atoms with Gasteiger partial charge in [0.2, 0.25) is 0 Å². The molecule has 0 amide bonds. The fourth-order valence-corrected chi connectivity index (χ4v) is 2.22. The third kappa shape index (κ3) is 18.4. The summed E-state index contributed by atoms with van der Waals surface area (Å²) >= 11 is 0. The zero-order valence-corrected chi connectivity index (χ0v) is 20.7. The third-order valence-corrected chi connectivity index (χ3v) is 3.52. The van der Waals surface area contributed by atoms with E-state index in [2.05, 4.69) is 33.8 Å². The molecule has 0 aromatic rings. The molecule has 0 fully saturated rings. The van der Waals surface area contributed by atoms with Crippen molar-refractivity contribution in [2.75, 3.05) is 0 Å². The molecule has 0 spiro atoms. The molecule has 0 aliphatic rings. The van der Waals surface area contributed by atoms with Gasteiger partial charge in [0.15, 0.2) is 12.2 Å². The maximum Gasteiger partial charge on any atom is 0.356 e. The van der Waals surface area contributed by atoms with Gasteiger partial charge in [-0.3, -0.25) is 9.78 Å². The van der Waals surface area contributed by atoms with Crippen LogP contribution in [0.2, 0.25) is 0 Å². The molecule has 0 aromatic carbocycles. The summed E-state index contributed by atoms with van der Waals surface area (Å²) in [5, 5.41) is 0. The Bertz CT molecular complexity index is 619. The van der Waals surface area contributed by atoms with Crippen molar-refractivity contribution in [3.8, 4) is 24.1 Å². The van der Waals surface area contributed by atoms with Gasteiger partial charge < -0.3 is 0 Å². The van der Waals surface area contributed by atoms with Gasteiger partial charge in [-0.05, 0) is 54.4 Å². The summed E-state index contributed by atoms with van der Waals surface area (Å²) in [7, 11) is 0.